The van der Waals surface area contributed by atoms with Crippen LogP contribution in [0.3, 0.4) is 0 Å². The number of hydrogen-bond acceptors (Lipinski definition) is 5. The first-order valence-corrected chi connectivity index (χ1v) is 10.0. The number of rotatable bonds is 7. The third-order valence-corrected chi connectivity index (χ3v) is 5.39. The Bertz CT molecular complexity index is 1330. The zero-order chi connectivity index (χ0) is 22.8. The van der Waals surface area contributed by atoms with E-state index in [-0.39, 0.29) is 35.8 Å². The molecular formula is C25H21ClF2N2O3. The topological polar surface area (TPSA) is 78.4 Å². The molecule has 170 valence electrons. The predicted octanol–water partition coefficient (Wildman–Crippen LogP) is 4.87. The van der Waals surface area contributed by atoms with Crippen molar-refractivity contribution >= 4 is 23.8 Å². The molecule has 3 N–H and O–H groups in total. The summed E-state index contributed by atoms with van der Waals surface area (Å²) >= 11 is 0. The van der Waals surface area contributed by atoms with Gasteiger partial charge in [0, 0.05) is 11.7 Å². The molecule has 33 heavy (non-hydrogen) atoms. The van der Waals surface area contributed by atoms with E-state index in [4.69, 9.17) is 0 Å². The molecule has 0 aromatic heterocycles. The first-order chi connectivity index (χ1) is 15.3. The summed E-state index contributed by atoms with van der Waals surface area (Å²) in [5.41, 5.74) is 0.742. The summed E-state index contributed by atoms with van der Waals surface area (Å²) in [7, 11) is 0. The maximum absolute atomic E-state index is 13.7. The lowest BCUT2D eigenvalue weighted by atomic mass is 9.95. The maximum atomic E-state index is 13.7. The minimum absolute atomic E-state index is 0. The van der Waals surface area contributed by atoms with Gasteiger partial charge in [-0.25, -0.2) is 8.78 Å². The van der Waals surface area contributed by atoms with E-state index in [1.54, 1.807) is 42.5 Å². The lowest BCUT2D eigenvalue weighted by Gasteiger charge is -2.27. The molecule has 0 aliphatic heterocycles. The largest absolute Gasteiger partial charge is 0.502 e. The van der Waals surface area contributed by atoms with Crippen LogP contribution in [0.2, 0.25) is 0 Å². The highest BCUT2D eigenvalue weighted by Crippen LogP contribution is 2.33. The zero-order valence-electron chi connectivity index (χ0n) is 17.5. The van der Waals surface area contributed by atoms with Crippen molar-refractivity contribution in [3.8, 4) is 5.75 Å². The fourth-order valence-electron chi connectivity index (χ4n) is 3.64. The van der Waals surface area contributed by atoms with Crippen molar-refractivity contribution in [1.82, 2.24) is 5.32 Å². The van der Waals surface area contributed by atoms with Gasteiger partial charge in [-0.1, -0.05) is 42.5 Å². The van der Waals surface area contributed by atoms with Gasteiger partial charge in [-0.3, -0.25) is 14.9 Å². The molecule has 4 aromatic carbocycles. The van der Waals surface area contributed by atoms with Crippen molar-refractivity contribution in [2.45, 2.75) is 19.0 Å². The van der Waals surface area contributed by atoms with Gasteiger partial charge in [-0.2, -0.15) is 0 Å². The number of para-hydroxylation sites is 1. The molecule has 0 saturated carbocycles. The van der Waals surface area contributed by atoms with Crippen LogP contribution in [-0.2, 0) is 0 Å². The van der Waals surface area contributed by atoms with E-state index in [9.17, 15) is 23.5 Å². The smallest absolute Gasteiger partial charge is 0.271 e. The van der Waals surface area contributed by atoms with Gasteiger partial charge in [0.05, 0.1) is 6.04 Å². The molecule has 0 bridgehead atoms. The Hall–Kier alpha value is -3.55. The molecule has 0 spiro atoms. The Morgan fingerprint density at radius 2 is 1.52 bits per heavy atom. The number of hydrogen-bond donors (Lipinski definition) is 3. The molecule has 2 atom stereocenters. The molecule has 5 nitrogen and oxygen atoms in total. The van der Waals surface area contributed by atoms with E-state index in [1.807, 2.05) is 13.0 Å². The van der Waals surface area contributed by atoms with E-state index in [2.05, 4.69) is 10.6 Å². The van der Waals surface area contributed by atoms with Gasteiger partial charge in [0.25, 0.3) is 10.9 Å². The number of nitrogens with one attached hydrogen (secondary N) is 2. The highest BCUT2D eigenvalue weighted by molar-refractivity contribution is 5.85. The molecule has 8 heteroatoms. The fraction of sp³-hybridized carbons (Fsp3) is 0.120. The predicted molar refractivity (Wildman–Crippen MR) is 126 cm³/mol. The maximum Gasteiger partial charge on any atom is 0.271 e. The lowest BCUT2D eigenvalue weighted by Crippen LogP contribution is -2.33. The average Bonchev–Trinajstić information content (AvgIpc) is 2.81. The van der Waals surface area contributed by atoms with Crippen molar-refractivity contribution in [2.24, 2.45) is 0 Å². The van der Waals surface area contributed by atoms with Crippen LogP contribution in [0.5, 0.6) is 5.75 Å². The number of halogens is 3. The summed E-state index contributed by atoms with van der Waals surface area (Å²) in [6.45, 7) is 1.88. The van der Waals surface area contributed by atoms with E-state index in [0.717, 1.165) is 11.1 Å². The molecule has 0 heterocycles. The molecule has 1 unspecified atom stereocenters. The minimum atomic E-state index is -0.932. The van der Waals surface area contributed by atoms with E-state index < -0.39 is 22.6 Å². The highest BCUT2D eigenvalue weighted by atomic mass is 35.5. The quantitative estimate of drug-likeness (QED) is 0.336. The zero-order valence-corrected chi connectivity index (χ0v) is 18.3. The second-order valence-electron chi connectivity index (χ2n) is 7.52. The lowest BCUT2D eigenvalue weighted by molar-refractivity contribution is 0.466. The second kappa shape index (κ2) is 9.94. The van der Waals surface area contributed by atoms with E-state index in [0.29, 0.717) is 11.3 Å². The van der Waals surface area contributed by atoms with E-state index in [1.165, 1.54) is 24.3 Å². The van der Waals surface area contributed by atoms with Crippen molar-refractivity contribution in [3.63, 3.8) is 0 Å². The van der Waals surface area contributed by atoms with Gasteiger partial charge in [-0.05, 0) is 53.9 Å². The molecule has 0 radical (unpaired) electrons. The Labute approximate surface area is 194 Å². The van der Waals surface area contributed by atoms with Crippen molar-refractivity contribution < 1.29 is 13.9 Å². The van der Waals surface area contributed by atoms with Crippen LogP contribution >= 0.6 is 12.4 Å². The van der Waals surface area contributed by atoms with Gasteiger partial charge in [0.15, 0.2) is 5.75 Å². The van der Waals surface area contributed by atoms with Crippen molar-refractivity contribution in [2.75, 3.05) is 5.32 Å². The van der Waals surface area contributed by atoms with Crippen LogP contribution in [-0.4, -0.2) is 5.11 Å². The highest BCUT2D eigenvalue weighted by Gasteiger charge is 2.24. The molecule has 4 aromatic rings. The molecule has 0 aliphatic rings. The van der Waals surface area contributed by atoms with Gasteiger partial charge in [-0.15, -0.1) is 12.4 Å². The number of benzene rings is 3. The molecule has 0 fully saturated rings. The SMILES string of the molecule is C[C@@H](NC(c1ccc(F)cc1)c1ccccc1Nc1c(O)c(=O)c1=O)c1cccc(F)c1.Cl. The van der Waals surface area contributed by atoms with Crippen LogP contribution in [0, 0.1) is 11.6 Å². The van der Waals surface area contributed by atoms with Crippen LogP contribution in [0.4, 0.5) is 20.2 Å². The summed E-state index contributed by atoms with van der Waals surface area (Å²) in [5.74, 6) is -1.35. The van der Waals surface area contributed by atoms with Gasteiger partial charge in [0.2, 0.25) is 0 Å². The van der Waals surface area contributed by atoms with Crippen LogP contribution in [0.1, 0.15) is 35.7 Å². The number of anilines is 2. The summed E-state index contributed by atoms with van der Waals surface area (Å²) in [4.78, 5) is 23.2. The Balaban J connectivity index is 0.00000306. The summed E-state index contributed by atoms with van der Waals surface area (Å²) < 4.78 is 27.3. The third-order valence-electron chi connectivity index (χ3n) is 5.39. The molecule has 0 aliphatic carbocycles. The van der Waals surface area contributed by atoms with Crippen LogP contribution in [0.25, 0.3) is 0 Å². The summed E-state index contributed by atoms with van der Waals surface area (Å²) in [5, 5.41) is 16.0. The molecule has 4 rings (SSSR count). The van der Waals surface area contributed by atoms with Crippen LogP contribution < -0.4 is 21.5 Å². The second-order valence-corrected chi connectivity index (χ2v) is 7.52. The Morgan fingerprint density at radius 3 is 2.18 bits per heavy atom. The fourth-order valence-corrected chi connectivity index (χ4v) is 3.64. The summed E-state index contributed by atoms with van der Waals surface area (Å²) in [6.07, 6.45) is 0. The Morgan fingerprint density at radius 1 is 0.818 bits per heavy atom. The van der Waals surface area contributed by atoms with Crippen molar-refractivity contribution in [1.29, 1.82) is 0 Å². The van der Waals surface area contributed by atoms with Gasteiger partial charge < -0.3 is 10.4 Å². The summed E-state index contributed by atoms with van der Waals surface area (Å²) in [6, 6.07) is 18.5. The van der Waals surface area contributed by atoms with Crippen LogP contribution in [0.15, 0.2) is 82.4 Å². The van der Waals surface area contributed by atoms with Gasteiger partial charge >= 0.3 is 0 Å². The van der Waals surface area contributed by atoms with Crippen molar-refractivity contribution in [3.05, 3.63) is 122 Å². The average molecular weight is 471 g/mol. The number of aromatic hydroxyl groups is 1. The molecule has 0 saturated heterocycles. The van der Waals surface area contributed by atoms with Gasteiger partial charge in [0.1, 0.15) is 17.3 Å². The normalized spacial score (nSPS) is 12.7. The monoisotopic (exact) mass is 470 g/mol. The molecule has 0 amide bonds. The Kier molecular flexibility index (Phi) is 7.26. The first-order valence-electron chi connectivity index (χ1n) is 10.0. The molecular weight excluding hydrogens is 450 g/mol. The third kappa shape index (κ3) is 4.94. The first kappa shape index (κ1) is 24.1. The standard InChI is InChI=1S/C25H20F2N2O3.ClH/c1-14(16-5-4-6-18(27)13-16)28-21(15-9-11-17(26)12-10-15)19-7-2-3-8-20(19)29-22-23(30)25(32)24(22)31;/h2-14,21,28-30H,1H3;1H/t14-,21?;/m1./s1. The minimum Gasteiger partial charge on any atom is -0.502 e. The van der Waals surface area contributed by atoms with E-state index >= 15 is 0 Å².